The number of nitrogens with zero attached hydrogens (tertiary/aromatic N) is 6. The van der Waals surface area contributed by atoms with Crippen LogP contribution in [0.2, 0.25) is 0 Å². The number of fused-ring (bicyclic) bond motifs is 1. The molecule has 1 aliphatic rings. The van der Waals surface area contributed by atoms with Gasteiger partial charge in [0.1, 0.15) is 0 Å². The van der Waals surface area contributed by atoms with E-state index in [0.717, 1.165) is 36.8 Å². The van der Waals surface area contributed by atoms with E-state index in [0.29, 0.717) is 48.2 Å². The van der Waals surface area contributed by atoms with Crippen LogP contribution in [0.4, 0.5) is 5.69 Å². The number of sulfonamides is 1. The van der Waals surface area contributed by atoms with Gasteiger partial charge in [0.15, 0.2) is 5.69 Å². The summed E-state index contributed by atoms with van der Waals surface area (Å²) in [6.45, 7) is 8.89. The molecule has 53 heavy (non-hydrogen) atoms. The van der Waals surface area contributed by atoms with Crippen molar-refractivity contribution < 1.29 is 27.6 Å². The average molecular weight is 740 g/mol. The molecule has 0 saturated heterocycles. The second kappa shape index (κ2) is 16.1. The van der Waals surface area contributed by atoms with Crippen molar-refractivity contribution in [2.24, 2.45) is 0 Å². The Kier molecular flexibility index (Phi) is 11.4. The van der Waals surface area contributed by atoms with Crippen molar-refractivity contribution in [1.29, 1.82) is 0 Å². The molecule has 3 aromatic carbocycles. The minimum atomic E-state index is -4.10. The molecular formula is C39H45N7O6S. The van der Waals surface area contributed by atoms with Crippen LogP contribution in [0, 0.1) is 13.8 Å². The van der Waals surface area contributed by atoms with Gasteiger partial charge < -0.3 is 19.4 Å². The maximum absolute atomic E-state index is 14.6. The predicted molar refractivity (Wildman–Crippen MR) is 200 cm³/mol. The third-order valence-electron chi connectivity index (χ3n) is 9.44. The van der Waals surface area contributed by atoms with Crippen LogP contribution in [-0.2, 0) is 23.0 Å². The highest BCUT2D eigenvalue weighted by Gasteiger charge is 2.32. The van der Waals surface area contributed by atoms with Crippen LogP contribution < -0.4 is 4.72 Å². The molecule has 0 fully saturated rings. The fraction of sp³-hybridized carbons (Fsp3) is 0.359. The molecule has 1 aliphatic heterocycles. The second-order valence-corrected chi connectivity index (χ2v) is 15.0. The number of benzene rings is 3. The first-order valence-corrected chi connectivity index (χ1v) is 19.4. The van der Waals surface area contributed by atoms with E-state index in [9.17, 15) is 23.1 Å². The van der Waals surface area contributed by atoms with E-state index in [2.05, 4.69) is 28.7 Å². The lowest BCUT2D eigenvalue weighted by atomic mass is 9.93. The Labute approximate surface area is 309 Å². The number of nitrogens with one attached hydrogen (secondary N) is 1. The number of aliphatic hydroxyl groups is 1. The van der Waals surface area contributed by atoms with Gasteiger partial charge in [-0.3, -0.25) is 14.3 Å². The van der Waals surface area contributed by atoms with Gasteiger partial charge in [-0.05, 0) is 85.8 Å². The summed E-state index contributed by atoms with van der Waals surface area (Å²) in [6, 6.07) is 19.7. The molecular weight excluding hydrogens is 695 g/mol. The third-order valence-corrected chi connectivity index (χ3v) is 10.8. The van der Waals surface area contributed by atoms with Crippen LogP contribution in [0.15, 0.2) is 82.2 Å². The largest absolute Gasteiger partial charge is 0.394 e. The summed E-state index contributed by atoms with van der Waals surface area (Å²) < 4.78 is 36.5. The van der Waals surface area contributed by atoms with E-state index in [1.165, 1.54) is 18.2 Å². The lowest BCUT2D eigenvalue weighted by Crippen LogP contribution is -2.46. The standard InChI is InChI=1S/C39H45N7O6S/c1-5-7-19-44(20-8-6-2)39(49)35-21-26(3)46(41-35)36-18-15-31(43-53(50,51)33-16-13-28(14-17-33)37-40-27(4)52-42-37)23-34(36)38(48)45-24-30-12-10-9-11-29(30)22-32(45)25-47/h9-18,21,23,32,43,47H,5-8,19-20,22,24-25H2,1-4H3/t32-/m0/s1. The molecule has 0 bridgehead atoms. The molecule has 1 atom stereocenters. The van der Waals surface area contributed by atoms with E-state index >= 15 is 0 Å². The number of aliphatic hydroxyl groups excluding tert-OH is 1. The summed E-state index contributed by atoms with van der Waals surface area (Å²) in [5, 5.41) is 19.0. The van der Waals surface area contributed by atoms with Crippen molar-refractivity contribution in [2.45, 2.75) is 77.3 Å². The Morgan fingerprint density at radius 1 is 0.962 bits per heavy atom. The molecule has 0 radical (unpaired) electrons. The van der Waals surface area contributed by atoms with Crippen LogP contribution >= 0.6 is 0 Å². The first-order valence-electron chi connectivity index (χ1n) is 18.0. The summed E-state index contributed by atoms with van der Waals surface area (Å²) >= 11 is 0. The highest BCUT2D eigenvalue weighted by atomic mass is 32.2. The molecule has 6 rings (SSSR count). The molecule has 3 heterocycles. The van der Waals surface area contributed by atoms with Gasteiger partial charge in [-0.2, -0.15) is 10.1 Å². The van der Waals surface area contributed by atoms with Crippen LogP contribution in [0.5, 0.6) is 0 Å². The van der Waals surface area contributed by atoms with Crippen LogP contribution in [0.3, 0.4) is 0 Å². The third kappa shape index (κ3) is 8.18. The molecule has 13 nitrogen and oxygen atoms in total. The maximum atomic E-state index is 14.6. The zero-order chi connectivity index (χ0) is 37.7. The summed E-state index contributed by atoms with van der Waals surface area (Å²) in [4.78, 5) is 36.0. The number of anilines is 1. The maximum Gasteiger partial charge on any atom is 0.274 e. The van der Waals surface area contributed by atoms with Crippen molar-refractivity contribution in [3.8, 4) is 17.1 Å². The van der Waals surface area contributed by atoms with Gasteiger partial charge >= 0.3 is 0 Å². The molecule has 0 aliphatic carbocycles. The quantitative estimate of drug-likeness (QED) is 0.140. The molecule has 2 aromatic heterocycles. The highest BCUT2D eigenvalue weighted by molar-refractivity contribution is 7.92. The molecule has 2 amide bonds. The molecule has 0 saturated carbocycles. The van der Waals surface area contributed by atoms with Crippen LogP contribution in [0.1, 0.15) is 83.1 Å². The number of carbonyl (C=O) groups excluding carboxylic acids is 2. The SMILES string of the molecule is CCCCN(CCCC)C(=O)c1cc(C)n(-c2ccc(NS(=O)(=O)c3ccc(-c4noc(C)n4)cc3)cc2C(=O)N2Cc3ccccc3C[C@H]2CO)n1. The Morgan fingerprint density at radius 3 is 2.30 bits per heavy atom. The van der Waals surface area contributed by atoms with Gasteiger partial charge in [-0.25, -0.2) is 13.1 Å². The van der Waals surface area contributed by atoms with Crippen LogP contribution in [0.25, 0.3) is 17.1 Å². The Hall–Kier alpha value is -5.34. The van der Waals surface area contributed by atoms with Gasteiger partial charge in [-0.1, -0.05) is 56.1 Å². The van der Waals surface area contributed by atoms with E-state index in [1.807, 2.05) is 36.1 Å². The lowest BCUT2D eigenvalue weighted by molar-refractivity contribution is 0.0544. The van der Waals surface area contributed by atoms with Crippen molar-refractivity contribution >= 4 is 27.5 Å². The van der Waals surface area contributed by atoms with Crippen molar-refractivity contribution in [1.82, 2.24) is 29.7 Å². The van der Waals surface area contributed by atoms with E-state index in [1.54, 1.807) is 46.8 Å². The molecule has 0 unspecified atom stereocenters. The predicted octanol–water partition coefficient (Wildman–Crippen LogP) is 5.94. The minimum absolute atomic E-state index is 0.00632. The van der Waals surface area contributed by atoms with Gasteiger partial charge in [0.05, 0.1) is 28.8 Å². The number of carbonyl (C=O) groups is 2. The first-order chi connectivity index (χ1) is 25.5. The molecule has 14 heteroatoms. The first kappa shape index (κ1) is 37.4. The Bertz CT molecular complexity index is 2190. The number of rotatable bonds is 14. The zero-order valence-electron chi connectivity index (χ0n) is 30.4. The number of aromatic nitrogens is 4. The smallest absolute Gasteiger partial charge is 0.274 e. The molecule has 278 valence electrons. The topological polar surface area (TPSA) is 164 Å². The Morgan fingerprint density at radius 2 is 1.66 bits per heavy atom. The molecule has 0 spiro atoms. The fourth-order valence-electron chi connectivity index (χ4n) is 6.51. The number of hydrogen-bond donors (Lipinski definition) is 2. The van der Waals surface area contributed by atoms with Gasteiger partial charge in [0.2, 0.25) is 11.7 Å². The number of unbranched alkanes of at least 4 members (excludes halogenated alkanes) is 2. The highest BCUT2D eigenvalue weighted by Crippen LogP contribution is 2.30. The zero-order valence-corrected chi connectivity index (χ0v) is 31.3. The van der Waals surface area contributed by atoms with Gasteiger partial charge in [0.25, 0.3) is 21.8 Å². The normalized spacial score (nSPS) is 14.2. The summed E-state index contributed by atoms with van der Waals surface area (Å²) in [6.07, 6.45) is 4.11. The molecule has 5 aromatic rings. The summed E-state index contributed by atoms with van der Waals surface area (Å²) in [5.74, 6) is 0.137. The Balaban J connectivity index is 1.37. The van der Waals surface area contributed by atoms with Crippen molar-refractivity contribution in [3.05, 3.63) is 107 Å². The second-order valence-electron chi connectivity index (χ2n) is 13.3. The van der Waals surface area contributed by atoms with Gasteiger partial charge in [0, 0.05) is 43.5 Å². The number of aryl methyl sites for hydroxylation is 2. The number of hydrogen-bond acceptors (Lipinski definition) is 9. The van der Waals surface area contributed by atoms with Gasteiger partial charge in [-0.15, -0.1) is 0 Å². The van der Waals surface area contributed by atoms with E-state index in [4.69, 9.17) is 9.62 Å². The minimum Gasteiger partial charge on any atom is -0.394 e. The van der Waals surface area contributed by atoms with Crippen molar-refractivity contribution in [3.63, 3.8) is 0 Å². The van der Waals surface area contributed by atoms with E-state index in [-0.39, 0.29) is 40.9 Å². The van der Waals surface area contributed by atoms with Crippen molar-refractivity contribution in [2.75, 3.05) is 24.4 Å². The average Bonchev–Trinajstić information content (AvgIpc) is 3.78. The summed E-state index contributed by atoms with van der Waals surface area (Å²) in [5.41, 5.74) is 4.18. The molecule has 2 N–H and O–H groups in total. The number of amides is 2. The lowest BCUT2D eigenvalue weighted by Gasteiger charge is -2.36. The van der Waals surface area contributed by atoms with E-state index < -0.39 is 22.0 Å². The van der Waals surface area contributed by atoms with Crippen LogP contribution in [-0.4, -0.2) is 80.8 Å². The summed E-state index contributed by atoms with van der Waals surface area (Å²) in [7, 11) is -4.10. The monoisotopic (exact) mass is 739 g/mol. The fourth-order valence-corrected chi connectivity index (χ4v) is 7.56.